The second kappa shape index (κ2) is 10.5. The van der Waals surface area contributed by atoms with E-state index in [2.05, 4.69) is 35.6 Å². The number of benzene rings is 1. The van der Waals surface area contributed by atoms with Crippen LogP contribution in [0.3, 0.4) is 0 Å². The van der Waals surface area contributed by atoms with Crippen LogP contribution in [0.2, 0.25) is 0 Å². The van der Waals surface area contributed by atoms with Crippen molar-refractivity contribution in [2.75, 3.05) is 34.3 Å². The largest absolute Gasteiger partial charge is 0.353 e. The number of amides is 1. The second-order valence-corrected chi connectivity index (χ2v) is 8.10. The van der Waals surface area contributed by atoms with Crippen LogP contribution in [0.25, 0.3) is 0 Å². The fourth-order valence-corrected chi connectivity index (χ4v) is 3.52. The van der Waals surface area contributed by atoms with Crippen molar-refractivity contribution >= 4 is 50.8 Å². The van der Waals surface area contributed by atoms with Gasteiger partial charge in [-0.25, -0.2) is 18.4 Å². The molecule has 3 rings (SSSR count). The summed E-state index contributed by atoms with van der Waals surface area (Å²) in [7, 11) is -3.74. The van der Waals surface area contributed by atoms with Crippen molar-refractivity contribution in [2.45, 2.75) is 4.90 Å². The normalized spacial score (nSPS) is 10.9. The zero-order valence-electron chi connectivity index (χ0n) is 16.2. The van der Waals surface area contributed by atoms with Gasteiger partial charge in [0.15, 0.2) is 0 Å². The van der Waals surface area contributed by atoms with Gasteiger partial charge in [-0.1, -0.05) is 6.07 Å². The van der Waals surface area contributed by atoms with E-state index in [0.717, 1.165) is 0 Å². The summed E-state index contributed by atoms with van der Waals surface area (Å²) in [5.41, 5.74) is 0.649. The molecule has 4 N–H and O–H groups in total. The Balaban J connectivity index is 1.59. The topological polar surface area (TPSA) is 138 Å². The van der Waals surface area contributed by atoms with Crippen molar-refractivity contribution in [2.24, 2.45) is 0 Å². The Morgan fingerprint density at radius 3 is 2.45 bits per heavy atom. The summed E-state index contributed by atoms with van der Waals surface area (Å²) in [5.74, 6) is 0.802. The molecule has 0 aliphatic heterocycles. The number of alkyl halides is 1. The van der Waals surface area contributed by atoms with E-state index in [4.69, 9.17) is 11.6 Å². The first-order valence-corrected chi connectivity index (χ1v) is 11.2. The molecule has 0 atom stereocenters. The van der Waals surface area contributed by atoms with Crippen LogP contribution in [0.15, 0.2) is 65.8 Å². The summed E-state index contributed by atoms with van der Waals surface area (Å²) in [5, 5.41) is 8.70. The molecule has 2 aromatic heterocycles. The minimum Gasteiger partial charge on any atom is -0.353 e. The molecular formula is C19H20ClN7O3S. The molecule has 31 heavy (non-hydrogen) atoms. The third kappa shape index (κ3) is 6.79. The number of pyridine rings is 1. The number of sulfonamides is 1. The van der Waals surface area contributed by atoms with Gasteiger partial charge in [0.05, 0.1) is 4.90 Å². The smallest absolute Gasteiger partial charge is 0.263 e. The van der Waals surface area contributed by atoms with E-state index in [1.54, 1.807) is 42.6 Å². The van der Waals surface area contributed by atoms with Crippen LogP contribution in [0.1, 0.15) is 0 Å². The second-order valence-electron chi connectivity index (χ2n) is 6.15. The number of carbonyl (C=O) groups excluding carboxylic acids is 1. The predicted octanol–water partition coefficient (Wildman–Crippen LogP) is 2.18. The Morgan fingerprint density at radius 2 is 1.74 bits per heavy atom. The fourth-order valence-electron chi connectivity index (χ4n) is 2.42. The molecule has 1 aromatic carbocycles. The van der Waals surface area contributed by atoms with Crippen molar-refractivity contribution in [1.29, 1.82) is 0 Å². The van der Waals surface area contributed by atoms with Crippen LogP contribution in [0, 0.1) is 0 Å². The average molecular weight is 462 g/mol. The number of hydrogen-bond acceptors (Lipinski definition) is 8. The first-order valence-electron chi connectivity index (χ1n) is 9.17. The molecule has 3 aromatic rings. The summed E-state index contributed by atoms with van der Waals surface area (Å²) in [4.78, 5) is 23.6. The molecule has 0 bridgehead atoms. The molecule has 0 saturated carbocycles. The standard InChI is InChI=1S/C19H20ClN7O3S/c20-13-18(28)22-11-12-24-19-23-10-8-17(26-19)25-14-4-6-15(7-5-14)31(29,30)27-16-3-1-2-9-21-16/h1-10H,11-13H2,(H,21,27)(H,22,28)(H2,23,24,25,26). The monoisotopic (exact) mass is 461 g/mol. The molecule has 12 heteroatoms. The Kier molecular flexibility index (Phi) is 7.57. The number of aromatic nitrogens is 3. The van der Waals surface area contributed by atoms with Gasteiger partial charge in [-0.05, 0) is 42.5 Å². The van der Waals surface area contributed by atoms with Crippen LogP contribution in [-0.4, -0.2) is 48.2 Å². The van der Waals surface area contributed by atoms with Crippen LogP contribution in [0.5, 0.6) is 0 Å². The molecule has 0 saturated heterocycles. The lowest BCUT2D eigenvalue weighted by atomic mass is 10.3. The number of anilines is 4. The van der Waals surface area contributed by atoms with Crippen molar-refractivity contribution in [1.82, 2.24) is 20.3 Å². The molecule has 0 unspecified atom stereocenters. The third-order valence-corrected chi connectivity index (χ3v) is 5.46. The highest BCUT2D eigenvalue weighted by atomic mass is 35.5. The molecule has 10 nitrogen and oxygen atoms in total. The highest BCUT2D eigenvalue weighted by molar-refractivity contribution is 7.92. The highest BCUT2D eigenvalue weighted by Crippen LogP contribution is 2.19. The summed E-state index contributed by atoms with van der Waals surface area (Å²) >= 11 is 5.41. The van der Waals surface area contributed by atoms with E-state index < -0.39 is 10.0 Å². The van der Waals surface area contributed by atoms with E-state index >= 15 is 0 Å². The lowest BCUT2D eigenvalue weighted by Crippen LogP contribution is -2.29. The van der Waals surface area contributed by atoms with E-state index in [1.165, 1.54) is 18.3 Å². The van der Waals surface area contributed by atoms with Crippen LogP contribution >= 0.6 is 11.6 Å². The Labute approximate surface area is 184 Å². The van der Waals surface area contributed by atoms with E-state index in [-0.39, 0.29) is 22.5 Å². The first-order chi connectivity index (χ1) is 15.0. The van der Waals surface area contributed by atoms with Gasteiger partial charge in [0.1, 0.15) is 17.5 Å². The Morgan fingerprint density at radius 1 is 0.935 bits per heavy atom. The molecule has 1 amide bonds. The third-order valence-electron chi connectivity index (χ3n) is 3.85. The van der Waals surface area contributed by atoms with Crippen molar-refractivity contribution < 1.29 is 13.2 Å². The Bertz CT molecular complexity index is 1110. The predicted molar refractivity (Wildman–Crippen MR) is 119 cm³/mol. The van der Waals surface area contributed by atoms with Gasteiger partial charge in [0, 0.05) is 31.2 Å². The molecule has 162 valence electrons. The molecule has 0 radical (unpaired) electrons. The van der Waals surface area contributed by atoms with Crippen molar-refractivity contribution in [3.8, 4) is 0 Å². The van der Waals surface area contributed by atoms with Crippen LogP contribution in [-0.2, 0) is 14.8 Å². The maximum Gasteiger partial charge on any atom is 0.263 e. The minimum absolute atomic E-state index is 0.0881. The molecular weight excluding hydrogens is 442 g/mol. The quantitative estimate of drug-likeness (QED) is 0.266. The van der Waals surface area contributed by atoms with Crippen LogP contribution < -0.4 is 20.7 Å². The number of nitrogens with one attached hydrogen (secondary N) is 4. The molecule has 0 aliphatic rings. The van der Waals surface area contributed by atoms with Gasteiger partial charge in [0.2, 0.25) is 11.9 Å². The summed E-state index contributed by atoms with van der Waals surface area (Å²) < 4.78 is 27.4. The fraction of sp³-hybridized carbons (Fsp3) is 0.158. The minimum atomic E-state index is -3.74. The van der Waals surface area contributed by atoms with E-state index in [9.17, 15) is 13.2 Å². The lowest BCUT2D eigenvalue weighted by Gasteiger charge is -2.10. The summed E-state index contributed by atoms with van der Waals surface area (Å²) in [6.45, 7) is 0.816. The molecule has 0 spiro atoms. The van der Waals surface area contributed by atoms with Crippen molar-refractivity contribution in [3.05, 3.63) is 60.9 Å². The van der Waals surface area contributed by atoms with E-state index in [0.29, 0.717) is 30.5 Å². The molecule has 0 fully saturated rings. The zero-order valence-corrected chi connectivity index (χ0v) is 17.8. The molecule has 0 aliphatic carbocycles. The van der Waals surface area contributed by atoms with E-state index in [1.807, 2.05) is 0 Å². The zero-order chi connectivity index (χ0) is 22.1. The van der Waals surface area contributed by atoms with Gasteiger partial charge in [-0.2, -0.15) is 4.98 Å². The average Bonchev–Trinajstić information content (AvgIpc) is 2.77. The maximum absolute atomic E-state index is 12.5. The highest BCUT2D eigenvalue weighted by Gasteiger charge is 2.14. The first kappa shape index (κ1) is 22.2. The number of rotatable bonds is 10. The number of carbonyl (C=O) groups is 1. The van der Waals surface area contributed by atoms with Crippen molar-refractivity contribution in [3.63, 3.8) is 0 Å². The number of hydrogen-bond donors (Lipinski definition) is 4. The Hall–Kier alpha value is -3.44. The van der Waals surface area contributed by atoms with Gasteiger partial charge in [-0.15, -0.1) is 11.6 Å². The van der Waals surface area contributed by atoms with Gasteiger partial charge < -0.3 is 16.0 Å². The van der Waals surface area contributed by atoms with Crippen LogP contribution in [0.4, 0.5) is 23.3 Å². The van der Waals surface area contributed by atoms with Gasteiger partial charge in [0.25, 0.3) is 10.0 Å². The summed E-state index contributed by atoms with van der Waals surface area (Å²) in [6.07, 6.45) is 3.08. The summed E-state index contributed by atoms with van der Waals surface area (Å²) in [6, 6.07) is 12.9. The number of nitrogens with zero attached hydrogens (tertiary/aromatic N) is 3. The molecule has 2 heterocycles. The van der Waals surface area contributed by atoms with Gasteiger partial charge in [-0.3, -0.25) is 9.52 Å². The van der Waals surface area contributed by atoms with Gasteiger partial charge >= 0.3 is 0 Å². The number of halogens is 1. The SMILES string of the molecule is O=C(CCl)NCCNc1nccc(Nc2ccc(S(=O)(=O)Nc3ccccn3)cc2)n1. The maximum atomic E-state index is 12.5. The lowest BCUT2D eigenvalue weighted by molar-refractivity contribution is -0.118.